The average molecular weight is 216 g/mol. The van der Waals surface area contributed by atoms with Gasteiger partial charge in [0.15, 0.2) is 0 Å². The van der Waals surface area contributed by atoms with Gasteiger partial charge in [0.25, 0.3) is 0 Å². The summed E-state index contributed by atoms with van der Waals surface area (Å²) >= 11 is 0. The van der Waals surface area contributed by atoms with Crippen LogP contribution in [-0.2, 0) is 0 Å². The Kier molecular flexibility index (Phi) is 2.60. The monoisotopic (exact) mass is 216 g/mol. The molecule has 2 aliphatic rings. The maximum absolute atomic E-state index is 3.56. The Morgan fingerprint density at radius 2 is 2.06 bits per heavy atom. The van der Waals surface area contributed by atoms with Crippen LogP contribution in [0.3, 0.4) is 0 Å². The molecule has 0 amide bonds. The Morgan fingerprint density at radius 1 is 1.25 bits per heavy atom. The van der Waals surface area contributed by atoms with Crippen molar-refractivity contribution < 1.29 is 0 Å². The smallest absolute Gasteiger partial charge is 0.0418 e. The van der Waals surface area contributed by atoms with Gasteiger partial charge in [0.1, 0.15) is 0 Å². The maximum Gasteiger partial charge on any atom is 0.0418 e. The SMILES string of the molecule is Cc1cccc2c1NCCC2N1CCCC1. The first-order valence-corrected chi connectivity index (χ1v) is 6.44. The van der Waals surface area contributed by atoms with Crippen LogP contribution in [0.25, 0.3) is 0 Å². The fourth-order valence-electron chi connectivity index (χ4n) is 3.13. The molecule has 0 radical (unpaired) electrons. The third-order valence-corrected chi connectivity index (χ3v) is 3.96. The standard InChI is InChI=1S/C14H20N2/c1-11-5-4-6-12-13(7-8-15-14(11)12)16-9-2-3-10-16/h4-6,13,15H,2-3,7-10H2,1H3. The molecule has 0 spiro atoms. The van der Waals surface area contributed by atoms with Crippen molar-refractivity contribution in [3.05, 3.63) is 29.3 Å². The second-order valence-electron chi connectivity index (χ2n) is 5.01. The van der Waals surface area contributed by atoms with Crippen molar-refractivity contribution in [1.29, 1.82) is 0 Å². The lowest BCUT2D eigenvalue weighted by Crippen LogP contribution is -2.31. The Labute approximate surface area is 97.6 Å². The van der Waals surface area contributed by atoms with Gasteiger partial charge >= 0.3 is 0 Å². The van der Waals surface area contributed by atoms with Gasteiger partial charge in [0.05, 0.1) is 0 Å². The molecule has 2 heteroatoms. The van der Waals surface area contributed by atoms with Crippen molar-refractivity contribution in [1.82, 2.24) is 4.90 Å². The van der Waals surface area contributed by atoms with Crippen molar-refractivity contribution >= 4 is 5.69 Å². The third kappa shape index (κ3) is 1.61. The first-order valence-electron chi connectivity index (χ1n) is 6.44. The van der Waals surface area contributed by atoms with Gasteiger partial charge in [-0.1, -0.05) is 18.2 Å². The largest absolute Gasteiger partial charge is 0.384 e. The number of hydrogen-bond acceptors (Lipinski definition) is 2. The number of nitrogens with zero attached hydrogens (tertiary/aromatic N) is 1. The molecule has 1 fully saturated rings. The van der Waals surface area contributed by atoms with E-state index in [1.165, 1.54) is 49.2 Å². The van der Waals surface area contributed by atoms with Gasteiger partial charge in [-0.3, -0.25) is 4.90 Å². The fourth-order valence-corrected chi connectivity index (χ4v) is 3.13. The van der Waals surface area contributed by atoms with Gasteiger partial charge < -0.3 is 5.32 Å². The van der Waals surface area contributed by atoms with Crippen molar-refractivity contribution in [2.45, 2.75) is 32.2 Å². The van der Waals surface area contributed by atoms with Crippen LogP contribution in [0.1, 0.15) is 36.4 Å². The Balaban J connectivity index is 1.96. The minimum absolute atomic E-state index is 0.665. The van der Waals surface area contributed by atoms with Gasteiger partial charge in [-0.05, 0) is 50.4 Å². The van der Waals surface area contributed by atoms with Crippen LogP contribution in [0, 0.1) is 6.92 Å². The topological polar surface area (TPSA) is 15.3 Å². The summed E-state index contributed by atoms with van der Waals surface area (Å²) in [4.78, 5) is 2.67. The molecular weight excluding hydrogens is 196 g/mol. The molecule has 16 heavy (non-hydrogen) atoms. The zero-order valence-electron chi connectivity index (χ0n) is 10.00. The first-order chi connectivity index (χ1) is 7.86. The van der Waals surface area contributed by atoms with Crippen LogP contribution in [0.4, 0.5) is 5.69 Å². The summed E-state index contributed by atoms with van der Waals surface area (Å²) in [5.41, 5.74) is 4.31. The summed E-state index contributed by atoms with van der Waals surface area (Å²) in [7, 11) is 0. The van der Waals surface area contributed by atoms with E-state index in [1.54, 1.807) is 0 Å². The summed E-state index contributed by atoms with van der Waals surface area (Å²) in [6, 6.07) is 7.37. The summed E-state index contributed by atoms with van der Waals surface area (Å²) in [5, 5.41) is 3.56. The zero-order chi connectivity index (χ0) is 11.0. The summed E-state index contributed by atoms with van der Waals surface area (Å²) in [6.45, 7) is 5.91. The Hall–Kier alpha value is -1.02. The lowest BCUT2D eigenvalue weighted by atomic mass is 9.94. The van der Waals surface area contributed by atoms with Gasteiger partial charge in [0, 0.05) is 18.3 Å². The van der Waals surface area contributed by atoms with Crippen LogP contribution in [0.15, 0.2) is 18.2 Å². The van der Waals surface area contributed by atoms with Gasteiger partial charge in [-0.2, -0.15) is 0 Å². The molecule has 0 bridgehead atoms. The van der Waals surface area contributed by atoms with Crippen molar-refractivity contribution in [3.8, 4) is 0 Å². The highest BCUT2D eigenvalue weighted by Crippen LogP contribution is 2.37. The number of benzene rings is 1. The van der Waals surface area contributed by atoms with Crippen LogP contribution < -0.4 is 5.32 Å². The van der Waals surface area contributed by atoms with E-state index in [0.717, 1.165) is 6.54 Å². The van der Waals surface area contributed by atoms with E-state index in [1.807, 2.05) is 0 Å². The Morgan fingerprint density at radius 3 is 2.88 bits per heavy atom. The van der Waals surface area contributed by atoms with Crippen molar-refractivity contribution in [2.75, 3.05) is 25.0 Å². The lowest BCUT2D eigenvalue weighted by molar-refractivity contribution is 0.234. The number of nitrogens with one attached hydrogen (secondary N) is 1. The second kappa shape index (κ2) is 4.10. The summed E-state index contributed by atoms with van der Waals surface area (Å²) in [5.74, 6) is 0. The molecule has 2 aliphatic heterocycles. The number of fused-ring (bicyclic) bond motifs is 1. The molecule has 86 valence electrons. The van der Waals surface area contributed by atoms with E-state index in [2.05, 4.69) is 35.3 Å². The molecule has 1 atom stereocenters. The molecule has 1 aromatic carbocycles. The van der Waals surface area contributed by atoms with E-state index >= 15 is 0 Å². The van der Waals surface area contributed by atoms with Gasteiger partial charge in [0.2, 0.25) is 0 Å². The quantitative estimate of drug-likeness (QED) is 0.776. The predicted molar refractivity (Wildman–Crippen MR) is 67.8 cm³/mol. The van der Waals surface area contributed by atoms with E-state index in [0.29, 0.717) is 6.04 Å². The molecular formula is C14H20N2. The molecule has 0 aromatic heterocycles. The van der Waals surface area contributed by atoms with E-state index < -0.39 is 0 Å². The molecule has 0 aliphatic carbocycles. The molecule has 1 unspecified atom stereocenters. The Bertz CT molecular complexity index is 380. The molecule has 3 rings (SSSR count). The van der Waals surface area contributed by atoms with E-state index in [9.17, 15) is 0 Å². The second-order valence-corrected chi connectivity index (χ2v) is 5.01. The summed E-state index contributed by atoms with van der Waals surface area (Å²) in [6.07, 6.45) is 4.02. The van der Waals surface area contributed by atoms with Crippen LogP contribution in [-0.4, -0.2) is 24.5 Å². The van der Waals surface area contributed by atoms with Gasteiger partial charge in [-0.25, -0.2) is 0 Å². The highest BCUT2D eigenvalue weighted by molar-refractivity contribution is 5.60. The fraction of sp³-hybridized carbons (Fsp3) is 0.571. The van der Waals surface area contributed by atoms with E-state index in [4.69, 9.17) is 0 Å². The van der Waals surface area contributed by atoms with E-state index in [-0.39, 0.29) is 0 Å². The number of anilines is 1. The maximum atomic E-state index is 3.56. The number of rotatable bonds is 1. The minimum atomic E-state index is 0.665. The van der Waals surface area contributed by atoms with Crippen LogP contribution in [0.2, 0.25) is 0 Å². The molecule has 2 nitrogen and oxygen atoms in total. The number of hydrogen-bond donors (Lipinski definition) is 1. The third-order valence-electron chi connectivity index (χ3n) is 3.96. The number of aryl methyl sites for hydroxylation is 1. The molecule has 1 N–H and O–H groups in total. The summed E-state index contributed by atoms with van der Waals surface area (Å²) < 4.78 is 0. The molecule has 1 aromatic rings. The van der Waals surface area contributed by atoms with Crippen LogP contribution in [0.5, 0.6) is 0 Å². The number of para-hydroxylation sites is 1. The zero-order valence-corrected chi connectivity index (χ0v) is 10.00. The number of likely N-dealkylation sites (tertiary alicyclic amines) is 1. The van der Waals surface area contributed by atoms with Crippen molar-refractivity contribution in [3.63, 3.8) is 0 Å². The molecule has 2 heterocycles. The molecule has 0 saturated carbocycles. The normalized spacial score (nSPS) is 25.2. The lowest BCUT2D eigenvalue weighted by Gasteiger charge is -2.34. The highest BCUT2D eigenvalue weighted by atomic mass is 15.2. The average Bonchev–Trinajstić information content (AvgIpc) is 2.82. The van der Waals surface area contributed by atoms with Crippen LogP contribution >= 0.6 is 0 Å². The highest BCUT2D eigenvalue weighted by Gasteiger charge is 2.27. The van der Waals surface area contributed by atoms with Crippen molar-refractivity contribution in [2.24, 2.45) is 0 Å². The predicted octanol–water partition coefficient (Wildman–Crippen LogP) is 2.95. The van der Waals surface area contributed by atoms with Gasteiger partial charge in [-0.15, -0.1) is 0 Å². The molecule has 1 saturated heterocycles. The minimum Gasteiger partial charge on any atom is -0.384 e. The first kappa shape index (κ1) is 10.2.